The molecule has 5 heteroatoms. The monoisotopic (exact) mass is 340 g/mol. The Morgan fingerprint density at radius 1 is 1.33 bits per heavy atom. The van der Waals surface area contributed by atoms with Crippen LogP contribution in [0.1, 0.15) is 31.5 Å². The molecule has 0 spiro atoms. The van der Waals surface area contributed by atoms with Gasteiger partial charge < -0.3 is 4.74 Å². The van der Waals surface area contributed by atoms with E-state index in [-0.39, 0.29) is 6.10 Å². The first-order valence-corrected chi connectivity index (χ1v) is 6.15. The number of hydrogen-bond acceptors (Lipinski definition) is 3. The fraction of sp³-hybridized carbons (Fsp3) is 0.600. The molecule has 1 aromatic heterocycles. The molecular formula is C10H14ClIN2O. The molecule has 0 saturated carbocycles. The Kier molecular flexibility index (Phi) is 4.73. The molecule has 1 aromatic rings. The summed E-state index contributed by atoms with van der Waals surface area (Å²) in [4.78, 5) is 8.65. The van der Waals surface area contributed by atoms with Crippen molar-refractivity contribution in [3.8, 4) is 0 Å². The summed E-state index contributed by atoms with van der Waals surface area (Å²) in [5.41, 5.74) is 0.897. The van der Waals surface area contributed by atoms with Crippen LogP contribution < -0.4 is 0 Å². The van der Waals surface area contributed by atoms with Gasteiger partial charge in [-0.1, -0.05) is 25.4 Å². The molecule has 0 aliphatic heterocycles. The van der Waals surface area contributed by atoms with Crippen molar-refractivity contribution in [3.63, 3.8) is 0 Å². The van der Waals surface area contributed by atoms with Crippen LogP contribution in [-0.2, 0) is 4.74 Å². The predicted molar refractivity (Wildman–Crippen MR) is 69.1 cm³/mol. The van der Waals surface area contributed by atoms with Crippen LogP contribution in [-0.4, -0.2) is 17.1 Å². The lowest BCUT2D eigenvalue weighted by Crippen LogP contribution is -2.14. The highest BCUT2D eigenvalue weighted by Gasteiger charge is 2.20. The Balaban J connectivity index is 3.14. The van der Waals surface area contributed by atoms with Gasteiger partial charge in [0.25, 0.3) is 0 Å². The molecule has 0 saturated heterocycles. The smallest absolute Gasteiger partial charge is 0.159 e. The summed E-state index contributed by atoms with van der Waals surface area (Å²) in [6, 6.07) is 0. The highest BCUT2D eigenvalue weighted by Crippen LogP contribution is 2.26. The van der Waals surface area contributed by atoms with Crippen molar-refractivity contribution < 1.29 is 4.74 Å². The maximum Gasteiger partial charge on any atom is 0.159 e. The van der Waals surface area contributed by atoms with Gasteiger partial charge in [0.2, 0.25) is 0 Å². The first-order valence-electron chi connectivity index (χ1n) is 4.69. The minimum absolute atomic E-state index is 0.0989. The van der Waals surface area contributed by atoms with Crippen LogP contribution in [0.2, 0.25) is 5.15 Å². The first-order chi connectivity index (χ1) is 6.97. The topological polar surface area (TPSA) is 35.0 Å². The molecule has 1 atom stereocenters. The van der Waals surface area contributed by atoms with Crippen molar-refractivity contribution in [1.29, 1.82) is 0 Å². The van der Waals surface area contributed by atoms with Gasteiger partial charge in [0.15, 0.2) is 5.82 Å². The van der Waals surface area contributed by atoms with Crippen LogP contribution in [0.3, 0.4) is 0 Å². The lowest BCUT2D eigenvalue weighted by molar-refractivity contribution is 0.0573. The van der Waals surface area contributed by atoms with Gasteiger partial charge in [0.1, 0.15) is 11.3 Å². The third-order valence-corrected chi connectivity index (χ3v) is 3.99. The average Bonchev–Trinajstić information content (AvgIpc) is 2.14. The Morgan fingerprint density at radius 3 is 2.33 bits per heavy atom. The van der Waals surface area contributed by atoms with E-state index in [0.717, 1.165) is 9.26 Å². The third-order valence-electron chi connectivity index (χ3n) is 2.11. The van der Waals surface area contributed by atoms with E-state index in [1.165, 1.54) is 0 Å². The lowest BCUT2D eigenvalue weighted by Gasteiger charge is -2.18. The Bertz CT molecular complexity index is 334. The van der Waals surface area contributed by atoms with E-state index < -0.39 is 0 Å². The second-order valence-electron chi connectivity index (χ2n) is 3.67. The highest BCUT2D eigenvalue weighted by atomic mass is 127. The molecule has 0 N–H and O–H groups in total. The van der Waals surface area contributed by atoms with Crippen molar-refractivity contribution in [1.82, 2.24) is 9.97 Å². The number of nitrogens with zero attached hydrogens (tertiary/aromatic N) is 2. The fourth-order valence-corrected chi connectivity index (χ4v) is 1.81. The summed E-state index contributed by atoms with van der Waals surface area (Å²) in [5, 5.41) is 0.501. The van der Waals surface area contributed by atoms with Gasteiger partial charge in [-0.05, 0) is 35.4 Å². The van der Waals surface area contributed by atoms with Crippen molar-refractivity contribution in [2.24, 2.45) is 5.92 Å². The largest absolute Gasteiger partial charge is 0.373 e. The normalized spacial score (nSPS) is 13.3. The molecule has 0 aliphatic carbocycles. The van der Waals surface area contributed by atoms with Crippen LogP contribution in [0.15, 0.2) is 0 Å². The van der Waals surface area contributed by atoms with Gasteiger partial charge >= 0.3 is 0 Å². The Morgan fingerprint density at radius 2 is 1.93 bits per heavy atom. The summed E-state index contributed by atoms with van der Waals surface area (Å²) in [7, 11) is 1.66. The minimum Gasteiger partial charge on any atom is -0.373 e. The van der Waals surface area contributed by atoms with Crippen molar-refractivity contribution in [2.75, 3.05) is 7.11 Å². The second-order valence-corrected chi connectivity index (χ2v) is 5.11. The summed E-state index contributed by atoms with van der Waals surface area (Å²) in [6.07, 6.45) is -0.0989. The number of aromatic nitrogens is 2. The molecule has 0 amide bonds. The number of aryl methyl sites for hydroxylation is 1. The quantitative estimate of drug-likeness (QED) is 0.625. The maximum absolute atomic E-state index is 6.01. The first kappa shape index (κ1) is 13.1. The molecule has 0 aromatic carbocycles. The lowest BCUT2D eigenvalue weighted by atomic mass is 10.1. The second kappa shape index (κ2) is 5.41. The Hall–Kier alpha value is 0.0600. The SMILES string of the molecule is COC(c1nc(C)c(I)c(Cl)n1)C(C)C. The van der Waals surface area contributed by atoms with Crippen molar-refractivity contribution in [2.45, 2.75) is 26.9 Å². The van der Waals surface area contributed by atoms with Gasteiger partial charge in [-0.3, -0.25) is 0 Å². The average molecular weight is 341 g/mol. The van der Waals surface area contributed by atoms with E-state index in [9.17, 15) is 0 Å². The van der Waals surface area contributed by atoms with E-state index in [1.54, 1.807) is 7.11 Å². The number of hydrogen-bond donors (Lipinski definition) is 0. The molecule has 3 nitrogen and oxygen atoms in total. The Labute approximate surface area is 109 Å². The van der Waals surface area contributed by atoms with E-state index in [0.29, 0.717) is 16.9 Å². The summed E-state index contributed by atoms with van der Waals surface area (Å²) >= 11 is 8.15. The zero-order chi connectivity index (χ0) is 11.6. The van der Waals surface area contributed by atoms with Crippen molar-refractivity contribution >= 4 is 34.2 Å². The van der Waals surface area contributed by atoms with Gasteiger partial charge in [-0.2, -0.15) is 0 Å². The van der Waals surface area contributed by atoms with Gasteiger partial charge in [0, 0.05) is 7.11 Å². The van der Waals surface area contributed by atoms with E-state index in [2.05, 4.69) is 46.4 Å². The molecule has 0 aliphatic rings. The standard InChI is InChI=1S/C10H14ClIN2O/c1-5(2)8(15-4)10-13-6(3)7(12)9(11)14-10/h5,8H,1-4H3. The third kappa shape index (κ3) is 3.01. The highest BCUT2D eigenvalue weighted by molar-refractivity contribution is 14.1. The molecule has 0 bridgehead atoms. The minimum atomic E-state index is -0.0989. The van der Waals surface area contributed by atoms with E-state index in [4.69, 9.17) is 16.3 Å². The zero-order valence-electron chi connectivity index (χ0n) is 9.21. The van der Waals surface area contributed by atoms with Crippen LogP contribution in [0.4, 0.5) is 0 Å². The summed E-state index contributed by atoms with van der Waals surface area (Å²) in [6.45, 7) is 6.06. The predicted octanol–water partition coefficient (Wildman–Crippen LogP) is 3.39. The number of rotatable bonds is 3. The zero-order valence-corrected chi connectivity index (χ0v) is 12.1. The van der Waals surface area contributed by atoms with Gasteiger partial charge in [-0.25, -0.2) is 9.97 Å². The van der Waals surface area contributed by atoms with Crippen LogP contribution >= 0.6 is 34.2 Å². The molecule has 0 fully saturated rings. The van der Waals surface area contributed by atoms with Gasteiger partial charge in [0.05, 0.1) is 9.26 Å². The van der Waals surface area contributed by atoms with Crippen LogP contribution in [0.25, 0.3) is 0 Å². The molecule has 84 valence electrons. The fourth-order valence-electron chi connectivity index (χ4n) is 1.35. The van der Waals surface area contributed by atoms with Gasteiger partial charge in [-0.15, -0.1) is 0 Å². The van der Waals surface area contributed by atoms with Crippen LogP contribution in [0, 0.1) is 16.4 Å². The molecular weight excluding hydrogens is 326 g/mol. The molecule has 0 radical (unpaired) electrons. The number of ether oxygens (including phenoxy) is 1. The number of methoxy groups -OCH3 is 1. The van der Waals surface area contributed by atoms with Crippen LogP contribution in [0.5, 0.6) is 0 Å². The molecule has 1 heterocycles. The van der Waals surface area contributed by atoms with Crippen molar-refractivity contribution in [3.05, 3.63) is 20.2 Å². The summed E-state index contributed by atoms with van der Waals surface area (Å²) < 4.78 is 6.26. The molecule has 1 unspecified atom stereocenters. The number of halogens is 2. The maximum atomic E-state index is 6.01. The van der Waals surface area contributed by atoms with E-state index in [1.807, 2.05) is 6.92 Å². The summed E-state index contributed by atoms with van der Waals surface area (Å²) in [5.74, 6) is 0.987. The molecule has 15 heavy (non-hydrogen) atoms. The molecule has 1 rings (SSSR count). The van der Waals surface area contributed by atoms with E-state index >= 15 is 0 Å².